The van der Waals surface area contributed by atoms with E-state index in [9.17, 15) is 14.4 Å². The van der Waals surface area contributed by atoms with E-state index in [2.05, 4.69) is 12.2 Å². The molecule has 1 aliphatic heterocycles. The van der Waals surface area contributed by atoms with Gasteiger partial charge in [-0.1, -0.05) is 6.92 Å². The zero-order valence-electron chi connectivity index (χ0n) is 13.5. The van der Waals surface area contributed by atoms with E-state index in [0.29, 0.717) is 18.9 Å². The van der Waals surface area contributed by atoms with Crippen molar-refractivity contribution in [3.8, 4) is 0 Å². The summed E-state index contributed by atoms with van der Waals surface area (Å²) in [6.45, 7) is 2.62. The topological polar surface area (TPSA) is 66.5 Å². The van der Waals surface area contributed by atoms with Crippen LogP contribution in [0.2, 0.25) is 0 Å². The number of imide groups is 1. The van der Waals surface area contributed by atoms with E-state index in [4.69, 9.17) is 0 Å². The van der Waals surface area contributed by atoms with Crippen LogP contribution in [0.25, 0.3) is 0 Å². The Morgan fingerprint density at radius 3 is 2.55 bits per heavy atom. The van der Waals surface area contributed by atoms with Gasteiger partial charge in [0, 0.05) is 25.9 Å². The molecule has 0 bridgehead atoms. The zero-order valence-corrected chi connectivity index (χ0v) is 14.3. The van der Waals surface area contributed by atoms with Gasteiger partial charge in [0.15, 0.2) is 0 Å². The molecule has 1 unspecified atom stereocenters. The van der Waals surface area contributed by atoms with E-state index >= 15 is 0 Å². The molecule has 2 rings (SSSR count). The molecule has 0 radical (unpaired) electrons. The summed E-state index contributed by atoms with van der Waals surface area (Å²) in [5.41, 5.74) is 0. The van der Waals surface area contributed by atoms with E-state index in [1.165, 1.54) is 4.90 Å². The highest BCUT2D eigenvalue weighted by atomic mass is 32.2. The van der Waals surface area contributed by atoms with Crippen LogP contribution in [0, 0.1) is 11.8 Å². The number of rotatable bonds is 6. The van der Waals surface area contributed by atoms with Crippen LogP contribution in [0.1, 0.15) is 45.4 Å². The van der Waals surface area contributed by atoms with Gasteiger partial charge in [0.1, 0.15) is 0 Å². The number of carbonyl (C=O) groups excluding carboxylic acids is 3. The molecule has 22 heavy (non-hydrogen) atoms. The SMILES string of the molecule is CCCSC1CC(=O)N(CC2CCC(C(=O)NC)CC2)C1=O. The Balaban J connectivity index is 1.83. The van der Waals surface area contributed by atoms with E-state index in [-0.39, 0.29) is 28.9 Å². The molecule has 2 aliphatic rings. The van der Waals surface area contributed by atoms with Gasteiger partial charge in [0.2, 0.25) is 17.7 Å². The average molecular weight is 326 g/mol. The number of likely N-dealkylation sites (tertiary alicyclic amines) is 1. The minimum Gasteiger partial charge on any atom is -0.359 e. The Hall–Kier alpha value is -1.04. The van der Waals surface area contributed by atoms with Crippen LogP contribution in [-0.4, -0.2) is 47.2 Å². The molecule has 0 aromatic carbocycles. The monoisotopic (exact) mass is 326 g/mol. The summed E-state index contributed by atoms with van der Waals surface area (Å²) in [4.78, 5) is 37.5. The highest BCUT2D eigenvalue weighted by molar-refractivity contribution is 8.00. The lowest BCUT2D eigenvalue weighted by Crippen LogP contribution is -2.38. The minimum absolute atomic E-state index is 0.00289. The number of amides is 3. The highest BCUT2D eigenvalue weighted by Gasteiger charge is 2.40. The Kier molecular flexibility index (Phi) is 6.29. The fourth-order valence-electron chi connectivity index (χ4n) is 3.30. The van der Waals surface area contributed by atoms with Crippen molar-refractivity contribution in [1.29, 1.82) is 0 Å². The van der Waals surface area contributed by atoms with Gasteiger partial charge >= 0.3 is 0 Å². The molecule has 6 heteroatoms. The molecule has 1 aliphatic carbocycles. The second kappa shape index (κ2) is 7.99. The van der Waals surface area contributed by atoms with Gasteiger partial charge in [-0.15, -0.1) is 11.8 Å². The van der Waals surface area contributed by atoms with Crippen LogP contribution < -0.4 is 5.32 Å². The Bertz CT molecular complexity index is 433. The lowest BCUT2D eigenvalue weighted by Gasteiger charge is -2.29. The van der Waals surface area contributed by atoms with E-state index in [1.54, 1.807) is 18.8 Å². The van der Waals surface area contributed by atoms with E-state index in [0.717, 1.165) is 37.9 Å². The lowest BCUT2D eigenvalue weighted by atomic mass is 9.81. The summed E-state index contributed by atoms with van der Waals surface area (Å²) < 4.78 is 0. The van der Waals surface area contributed by atoms with Crippen LogP contribution in [0.4, 0.5) is 0 Å². The third kappa shape index (κ3) is 4.03. The molecule has 5 nitrogen and oxygen atoms in total. The predicted molar refractivity (Wildman–Crippen MR) is 87.4 cm³/mol. The Morgan fingerprint density at radius 2 is 1.95 bits per heavy atom. The lowest BCUT2D eigenvalue weighted by molar-refractivity contribution is -0.139. The van der Waals surface area contributed by atoms with Crippen LogP contribution in [0.5, 0.6) is 0 Å². The van der Waals surface area contributed by atoms with Gasteiger partial charge in [-0.3, -0.25) is 19.3 Å². The smallest absolute Gasteiger partial charge is 0.242 e. The maximum atomic E-state index is 12.3. The molecule has 2 fully saturated rings. The standard InChI is InChI=1S/C16H26N2O3S/c1-3-8-22-13-9-14(19)18(16(13)21)10-11-4-6-12(7-5-11)15(20)17-2/h11-13H,3-10H2,1-2H3,(H,17,20). The van der Waals surface area contributed by atoms with Crippen molar-refractivity contribution in [2.45, 2.75) is 50.7 Å². The van der Waals surface area contributed by atoms with Crippen molar-refractivity contribution in [3.05, 3.63) is 0 Å². The minimum atomic E-state index is -0.172. The largest absolute Gasteiger partial charge is 0.359 e. The van der Waals surface area contributed by atoms with Gasteiger partial charge < -0.3 is 5.32 Å². The fraction of sp³-hybridized carbons (Fsp3) is 0.812. The van der Waals surface area contributed by atoms with Crippen molar-refractivity contribution in [2.24, 2.45) is 11.8 Å². The number of hydrogen-bond acceptors (Lipinski definition) is 4. The Labute approximate surface area is 136 Å². The van der Waals surface area contributed by atoms with E-state index in [1.807, 2.05) is 0 Å². The first-order chi connectivity index (χ1) is 10.6. The summed E-state index contributed by atoms with van der Waals surface area (Å²) in [5, 5.41) is 2.53. The number of hydrogen-bond donors (Lipinski definition) is 1. The second-order valence-corrected chi connectivity index (χ2v) is 7.55. The maximum absolute atomic E-state index is 12.3. The Morgan fingerprint density at radius 1 is 1.27 bits per heavy atom. The first-order valence-corrected chi connectivity index (χ1v) is 9.29. The molecule has 1 N–H and O–H groups in total. The summed E-state index contributed by atoms with van der Waals surface area (Å²) in [7, 11) is 1.67. The normalized spacial score (nSPS) is 29.0. The molecule has 1 saturated heterocycles. The summed E-state index contributed by atoms with van der Waals surface area (Å²) in [6.07, 6.45) is 4.93. The summed E-state index contributed by atoms with van der Waals surface area (Å²) >= 11 is 1.60. The molecule has 3 amide bonds. The maximum Gasteiger partial charge on any atom is 0.242 e. The predicted octanol–water partition coefficient (Wildman–Crippen LogP) is 1.81. The number of thioether (sulfide) groups is 1. The van der Waals surface area contributed by atoms with Crippen molar-refractivity contribution >= 4 is 29.5 Å². The third-order valence-corrected chi connectivity index (χ3v) is 6.05. The molecule has 0 spiro atoms. The van der Waals surface area contributed by atoms with Crippen LogP contribution in [-0.2, 0) is 14.4 Å². The second-order valence-electron chi connectivity index (χ2n) is 6.24. The van der Waals surface area contributed by atoms with Crippen LogP contribution >= 0.6 is 11.8 Å². The number of carbonyl (C=O) groups is 3. The van der Waals surface area contributed by atoms with Crippen molar-refractivity contribution in [1.82, 2.24) is 10.2 Å². The quantitative estimate of drug-likeness (QED) is 0.756. The first-order valence-electron chi connectivity index (χ1n) is 8.24. The molecule has 0 aromatic heterocycles. The molecule has 1 heterocycles. The average Bonchev–Trinajstić information content (AvgIpc) is 2.80. The fourth-order valence-corrected chi connectivity index (χ4v) is 4.35. The summed E-state index contributed by atoms with van der Waals surface area (Å²) in [6, 6.07) is 0. The van der Waals surface area contributed by atoms with Crippen LogP contribution in [0.3, 0.4) is 0 Å². The number of nitrogens with zero attached hydrogens (tertiary/aromatic N) is 1. The third-order valence-electron chi connectivity index (χ3n) is 4.63. The molecule has 1 saturated carbocycles. The highest BCUT2D eigenvalue weighted by Crippen LogP contribution is 2.32. The van der Waals surface area contributed by atoms with Crippen molar-refractivity contribution < 1.29 is 14.4 Å². The number of nitrogens with one attached hydrogen (secondary N) is 1. The molecule has 1 atom stereocenters. The van der Waals surface area contributed by atoms with E-state index < -0.39 is 0 Å². The molecular weight excluding hydrogens is 300 g/mol. The van der Waals surface area contributed by atoms with Gasteiger partial charge in [-0.25, -0.2) is 0 Å². The van der Waals surface area contributed by atoms with Crippen molar-refractivity contribution in [2.75, 3.05) is 19.3 Å². The molecule has 124 valence electrons. The van der Waals surface area contributed by atoms with Crippen LogP contribution in [0.15, 0.2) is 0 Å². The van der Waals surface area contributed by atoms with Gasteiger partial charge in [0.25, 0.3) is 0 Å². The van der Waals surface area contributed by atoms with Gasteiger partial charge in [-0.2, -0.15) is 0 Å². The van der Waals surface area contributed by atoms with Crippen molar-refractivity contribution in [3.63, 3.8) is 0 Å². The first kappa shape index (κ1) is 17.3. The van der Waals surface area contributed by atoms with Gasteiger partial charge in [-0.05, 0) is 43.8 Å². The summed E-state index contributed by atoms with van der Waals surface area (Å²) in [5.74, 6) is 1.46. The van der Waals surface area contributed by atoms with Gasteiger partial charge in [0.05, 0.1) is 5.25 Å². The molecular formula is C16H26N2O3S. The molecule has 0 aromatic rings. The zero-order chi connectivity index (χ0) is 16.1.